The highest BCUT2D eigenvalue weighted by molar-refractivity contribution is 14.0. The van der Waals surface area contributed by atoms with Gasteiger partial charge >= 0.3 is 0 Å². The third kappa shape index (κ3) is 4.81. The summed E-state index contributed by atoms with van der Waals surface area (Å²) < 4.78 is 0. The Morgan fingerprint density at radius 2 is 1.84 bits per heavy atom. The Balaban J connectivity index is 0.00000180. The molecule has 0 spiro atoms. The van der Waals surface area contributed by atoms with Gasteiger partial charge in [0.1, 0.15) is 6.54 Å². The molecule has 0 aromatic heterocycles. The van der Waals surface area contributed by atoms with Crippen LogP contribution in [0.5, 0.6) is 0 Å². The van der Waals surface area contributed by atoms with Crippen LogP contribution in [0, 0.1) is 5.92 Å². The summed E-state index contributed by atoms with van der Waals surface area (Å²) in [5.74, 6) is 1.32. The van der Waals surface area contributed by atoms with Gasteiger partial charge in [0.05, 0.1) is 0 Å². The normalized spacial score (nSPS) is 24.3. The predicted octanol–water partition coefficient (Wildman–Crippen LogP) is 1.27. The number of carbonyl (C=O) groups is 1. The molecule has 0 aliphatic carbocycles. The average molecular weight is 380 g/mol. The number of piperidine rings is 1. The van der Waals surface area contributed by atoms with Crippen molar-refractivity contribution in [3.05, 3.63) is 0 Å². The second kappa shape index (κ2) is 7.91. The van der Waals surface area contributed by atoms with Gasteiger partial charge in [-0.25, -0.2) is 4.99 Å². The number of nitrogens with zero attached hydrogens (tertiary/aromatic N) is 3. The van der Waals surface area contributed by atoms with E-state index in [1.54, 1.807) is 0 Å². The maximum atomic E-state index is 11.8. The first-order chi connectivity index (χ1) is 8.66. The Labute approximate surface area is 132 Å². The Hall–Kier alpha value is -0.530. The lowest BCUT2D eigenvalue weighted by Crippen LogP contribution is -2.44. The first kappa shape index (κ1) is 16.5. The highest BCUT2D eigenvalue weighted by Crippen LogP contribution is 2.15. The molecule has 0 aromatic carbocycles. The molecule has 2 aliphatic rings. The van der Waals surface area contributed by atoms with E-state index in [-0.39, 0.29) is 36.4 Å². The molecule has 0 bridgehead atoms. The maximum absolute atomic E-state index is 11.8. The molecule has 110 valence electrons. The molecule has 1 atom stereocenters. The number of nitrogens with two attached hydrogens (primary N) is 1. The number of likely N-dealkylation sites (tertiary alicyclic amines) is 2. The van der Waals surface area contributed by atoms with Gasteiger partial charge in [0.2, 0.25) is 5.91 Å². The highest BCUT2D eigenvalue weighted by atomic mass is 127. The minimum Gasteiger partial charge on any atom is -0.370 e. The topological polar surface area (TPSA) is 61.9 Å². The molecule has 2 heterocycles. The maximum Gasteiger partial charge on any atom is 0.244 e. The molecule has 2 fully saturated rings. The molecule has 1 unspecified atom stereocenters. The molecule has 0 aromatic rings. The number of hydrogen-bond acceptors (Lipinski definition) is 2. The quantitative estimate of drug-likeness (QED) is 0.446. The van der Waals surface area contributed by atoms with E-state index in [1.165, 1.54) is 6.42 Å². The Morgan fingerprint density at radius 1 is 1.21 bits per heavy atom. The van der Waals surface area contributed by atoms with Crippen LogP contribution in [-0.2, 0) is 4.79 Å². The van der Waals surface area contributed by atoms with Gasteiger partial charge in [0, 0.05) is 26.2 Å². The van der Waals surface area contributed by atoms with Crippen molar-refractivity contribution in [2.75, 3.05) is 32.7 Å². The van der Waals surface area contributed by atoms with E-state index in [9.17, 15) is 4.79 Å². The van der Waals surface area contributed by atoms with Crippen molar-refractivity contribution in [1.82, 2.24) is 9.80 Å². The number of aliphatic imine (C=N–C) groups is 1. The molecule has 5 nitrogen and oxygen atoms in total. The molecule has 0 saturated carbocycles. The lowest BCUT2D eigenvalue weighted by molar-refractivity contribution is -0.128. The van der Waals surface area contributed by atoms with Crippen LogP contribution >= 0.6 is 24.0 Å². The predicted molar refractivity (Wildman–Crippen MR) is 87.7 cm³/mol. The van der Waals surface area contributed by atoms with Crippen LogP contribution in [0.4, 0.5) is 0 Å². The van der Waals surface area contributed by atoms with E-state index in [0.29, 0.717) is 11.9 Å². The van der Waals surface area contributed by atoms with Crippen LogP contribution in [0.2, 0.25) is 0 Å². The molecule has 6 heteroatoms. The molecule has 2 rings (SSSR count). The molecular formula is C13H25IN4O. The van der Waals surface area contributed by atoms with Gasteiger partial charge in [0.15, 0.2) is 5.96 Å². The minimum absolute atomic E-state index is 0. The van der Waals surface area contributed by atoms with Crippen molar-refractivity contribution >= 4 is 35.8 Å². The minimum atomic E-state index is 0. The number of hydrogen-bond donors (Lipinski definition) is 1. The fourth-order valence-electron chi connectivity index (χ4n) is 2.71. The van der Waals surface area contributed by atoms with Crippen LogP contribution in [0.1, 0.15) is 32.6 Å². The fourth-order valence-corrected chi connectivity index (χ4v) is 2.71. The molecule has 1 amide bonds. The van der Waals surface area contributed by atoms with E-state index < -0.39 is 0 Å². The number of carbonyl (C=O) groups excluding carboxylic acids is 1. The van der Waals surface area contributed by atoms with E-state index in [0.717, 1.165) is 45.4 Å². The van der Waals surface area contributed by atoms with E-state index in [4.69, 9.17) is 5.73 Å². The second-order valence-electron chi connectivity index (χ2n) is 5.46. The van der Waals surface area contributed by atoms with Crippen LogP contribution in [0.25, 0.3) is 0 Å². The third-order valence-corrected chi connectivity index (χ3v) is 3.82. The van der Waals surface area contributed by atoms with Crippen molar-refractivity contribution in [1.29, 1.82) is 0 Å². The lowest BCUT2D eigenvalue weighted by atomic mass is 10.0. The van der Waals surface area contributed by atoms with Crippen LogP contribution in [0.15, 0.2) is 4.99 Å². The summed E-state index contributed by atoms with van der Waals surface area (Å²) >= 11 is 0. The summed E-state index contributed by atoms with van der Waals surface area (Å²) in [6.07, 6.45) is 4.66. The second-order valence-corrected chi connectivity index (χ2v) is 5.46. The van der Waals surface area contributed by atoms with Crippen molar-refractivity contribution in [2.24, 2.45) is 16.6 Å². The Kier molecular flexibility index (Phi) is 6.88. The van der Waals surface area contributed by atoms with Crippen LogP contribution in [0.3, 0.4) is 0 Å². The SMILES string of the molecule is CC1CCCN(C(N)=NCC(=O)N2CCCC2)C1.I. The molecular weight excluding hydrogens is 355 g/mol. The Bertz CT molecular complexity index is 329. The van der Waals surface area contributed by atoms with E-state index >= 15 is 0 Å². The molecule has 2 aliphatic heterocycles. The van der Waals surface area contributed by atoms with Crippen molar-refractivity contribution in [2.45, 2.75) is 32.6 Å². The van der Waals surface area contributed by atoms with Crippen LogP contribution in [-0.4, -0.2) is 54.4 Å². The van der Waals surface area contributed by atoms with Gasteiger partial charge in [-0.3, -0.25) is 4.79 Å². The summed E-state index contributed by atoms with van der Waals surface area (Å²) in [7, 11) is 0. The Morgan fingerprint density at radius 3 is 2.47 bits per heavy atom. The van der Waals surface area contributed by atoms with Crippen molar-refractivity contribution in [3.63, 3.8) is 0 Å². The largest absolute Gasteiger partial charge is 0.370 e. The zero-order chi connectivity index (χ0) is 13.0. The fraction of sp³-hybridized carbons (Fsp3) is 0.846. The molecule has 2 saturated heterocycles. The zero-order valence-electron chi connectivity index (χ0n) is 11.7. The highest BCUT2D eigenvalue weighted by Gasteiger charge is 2.20. The number of rotatable bonds is 2. The summed E-state index contributed by atoms with van der Waals surface area (Å²) in [5, 5.41) is 0. The first-order valence-electron chi connectivity index (χ1n) is 6.99. The van der Waals surface area contributed by atoms with Crippen LogP contribution < -0.4 is 5.73 Å². The summed E-state index contributed by atoms with van der Waals surface area (Å²) in [5.41, 5.74) is 5.96. The number of halogens is 1. The number of guanidine groups is 1. The summed E-state index contributed by atoms with van der Waals surface area (Å²) in [6.45, 7) is 6.14. The van der Waals surface area contributed by atoms with Gasteiger partial charge in [0.25, 0.3) is 0 Å². The molecule has 0 radical (unpaired) electrons. The van der Waals surface area contributed by atoms with Gasteiger partial charge in [-0.05, 0) is 31.6 Å². The lowest BCUT2D eigenvalue weighted by Gasteiger charge is -2.31. The monoisotopic (exact) mass is 380 g/mol. The molecule has 19 heavy (non-hydrogen) atoms. The summed E-state index contributed by atoms with van der Waals surface area (Å²) in [6, 6.07) is 0. The first-order valence-corrected chi connectivity index (χ1v) is 6.99. The van der Waals surface area contributed by atoms with Gasteiger partial charge in [-0.2, -0.15) is 0 Å². The van der Waals surface area contributed by atoms with Crippen molar-refractivity contribution < 1.29 is 4.79 Å². The van der Waals surface area contributed by atoms with E-state index in [1.807, 2.05) is 4.90 Å². The zero-order valence-corrected chi connectivity index (χ0v) is 14.0. The van der Waals surface area contributed by atoms with Crippen molar-refractivity contribution in [3.8, 4) is 0 Å². The average Bonchev–Trinajstić information content (AvgIpc) is 2.89. The smallest absolute Gasteiger partial charge is 0.244 e. The summed E-state index contributed by atoms with van der Waals surface area (Å²) in [4.78, 5) is 20.1. The number of amides is 1. The standard InChI is InChI=1S/C13H24N4O.HI/c1-11-5-4-8-17(10-11)13(14)15-9-12(18)16-6-2-3-7-16;/h11H,2-10H2,1H3,(H2,14,15);1H. The van der Waals surface area contributed by atoms with E-state index in [2.05, 4.69) is 16.8 Å². The van der Waals surface area contributed by atoms with Gasteiger partial charge < -0.3 is 15.5 Å². The molecule has 2 N–H and O–H groups in total. The van der Waals surface area contributed by atoms with Gasteiger partial charge in [-0.15, -0.1) is 24.0 Å². The third-order valence-electron chi connectivity index (χ3n) is 3.82. The van der Waals surface area contributed by atoms with Gasteiger partial charge in [-0.1, -0.05) is 6.92 Å².